The smallest absolute Gasteiger partial charge is 0.341 e. The Labute approximate surface area is 191 Å². The molecule has 0 aliphatic heterocycles. The maximum atomic E-state index is 13.9. The second kappa shape index (κ2) is 9.81. The van der Waals surface area contributed by atoms with Crippen LogP contribution in [0.15, 0.2) is 65.6 Å². The van der Waals surface area contributed by atoms with Gasteiger partial charge in [-0.1, -0.05) is 24.3 Å². The van der Waals surface area contributed by atoms with Crippen molar-refractivity contribution >= 4 is 16.0 Å². The molecule has 0 atom stereocenters. The number of aliphatic carboxylic acids is 1. The molecule has 3 aromatic carbocycles. The van der Waals surface area contributed by atoms with Crippen molar-refractivity contribution < 1.29 is 27.4 Å². The molecule has 0 saturated carbocycles. The highest BCUT2D eigenvalue weighted by molar-refractivity contribution is 7.89. The fourth-order valence-electron chi connectivity index (χ4n) is 3.18. The lowest BCUT2D eigenvalue weighted by Crippen LogP contribution is -2.26. The molecule has 1 N–H and O–H groups in total. The fourth-order valence-corrected chi connectivity index (χ4v) is 4.35. The van der Waals surface area contributed by atoms with E-state index in [0.717, 1.165) is 10.4 Å². The maximum Gasteiger partial charge on any atom is 0.341 e. The monoisotopic (exact) mass is 468 g/mol. The SMILES string of the molecule is Cc1ccc(S(=O)(=O)N(C)Cc2ccc(OCC(=O)O)c(-c3cccc(C#N)c3)c2)cc1F. The van der Waals surface area contributed by atoms with Crippen molar-refractivity contribution in [2.45, 2.75) is 18.4 Å². The van der Waals surface area contributed by atoms with E-state index in [2.05, 4.69) is 0 Å². The Morgan fingerprint density at radius 2 is 1.91 bits per heavy atom. The summed E-state index contributed by atoms with van der Waals surface area (Å²) < 4.78 is 46.2. The van der Waals surface area contributed by atoms with Crippen LogP contribution in [0.1, 0.15) is 16.7 Å². The molecular formula is C24H21FN2O5S. The van der Waals surface area contributed by atoms with Crippen molar-refractivity contribution in [2.24, 2.45) is 0 Å². The van der Waals surface area contributed by atoms with Crippen LogP contribution in [0.3, 0.4) is 0 Å². The number of carboxylic acids is 1. The maximum absolute atomic E-state index is 13.9. The molecule has 3 rings (SSSR count). The normalized spacial score (nSPS) is 11.2. The summed E-state index contributed by atoms with van der Waals surface area (Å²) in [5.74, 6) is -1.47. The van der Waals surface area contributed by atoms with Crippen LogP contribution in [0.4, 0.5) is 4.39 Å². The molecule has 0 aliphatic rings. The molecule has 9 heteroatoms. The van der Waals surface area contributed by atoms with Crippen molar-refractivity contribution in [3.63, 3.8) is 0 Å². The summed E-state index contributed by atoms with van der Waals surface area (Å²) in [6, 6.07) is 17.3. The molecule has 0 amide bonds. The third-order valence-corrected chi connectivity index (χ3v) is 6.75. The molecule has 0 aromatic heterocycles. The zero-order valence-electron chi connectivity index (χ0n) is 17.9. The minimum absolute atomic E-state index is 0.0258. The Balaban J connectivity index is 1.96. The first-order chi connectivity index (χ1) is 15.6. The van der Waals surface area contributed by atoms with E-state index >= 15 is 0 Å². The van der Waals surface area contributed by atoms with Crippen molar-refractivity contribution in [1.82, 2.24) is 4.31 Å². The molecule has 0 saturated heterocycles. The minimum Gasteiger partial charge on any atom is -0.481 e. The van der Waals surface area contributed by atoms with Gasteiger partial charge in [0, 0.05) is 19.2 Å². The highest BCUT2D eigenvalue weighted by atomic mass is 32.2. The van der Waals surface area contributed by atoms with Crippen LogP contribution in [-0.2, 0) is 21.4 Å². The number of hydrogen-bond donors (Lipinski definition) is 1. The number of halogens is 1. The zero-order chi connectivity index (χ0) is 24.2. The Morgan fingerprint density at radius 1 is 1.15 bits per heavy atom. The zero-order valence-corrected chi connectivity index (χ0v) is 18.8. The van der Waals surface area contributed by atoms with Crippen LogP contribution in [0.2, 0.25) is 0 Å². The summed E-state index contributed by atoms with van der Waals surface area (Å²) in [5, 5.41) is 18.2. The summed E-state index contributed by atoms with van der Waals surface area (Å²) in [5.41, 5.74) is 2.47. The third-order valence-electron chi connectivity index (χ3n) is 4.95. The molecule has 0 radical (unpaired) electrons. The fraction of sp³-hybridized carbons (Fsp3) is 0.167. The standard InChI is InChI=1S/C24H21FN2O5S/c1-16-6-8-20(12-22(16)25)33(30,31)27(2)14-18-7-9-23(32-15-24(28)29)21(11-18)19-5-3-4-17(10-19)13-26/h3-12H,14-15H2,1-2H3,(H,28,29). The lowest BCUT2D eigenvalue weighted by atomic mass is 10.00. The number of carboxylic acid groups (broad SMARTS) is 1. The molecule has 0 fully saturated rings. The number of nitriles is 1. The van der Waals surface area contributed by atoms with Gasteiger partial charge in [0.15, 0.2) is 6.61 Å². The molecule has 0 aliphatic carbocycles. The van der Waals surface area contributed by atoms with E-state index in [4.69, 9.17) is 9.84 Å². The first kappa shape index (κ1) is 23.9. The third kappa shape index (κ3) is 5.55. The van der Waals surface area contributed by atoms with Crippen LogP contribution in [0.25, 0.3) is 11.1 Å². The average molecular weight is 469 g/mol. The van der Waals surface area contributed by atoms with Crippen LogP contribution in [-0.4, -0.2) is 37.5 Å². The Bertz CT molecular complexity index is 1350. The van der Waals surface area contributed by atoms with Crippen molar-refractivity contribution in [2.75, 3.05) is 13.7 Å². The number of hydrogen-bond acceptors (Lipinski definition) is 5. The van der Waals surface area contributed by atoms with Crippen molar-refractivity contribution in [3.8, 4) is 22.9 Å². The van der Waals surface area contributed by atoms with E-state index < -0.39 is 28.4 Å². The lowest BCUT2D eigenvalue weighted by Gasteiger charge is -2.19. The quantitative estimate of drug-likeness (QED) is 0.536. The van der Waals surface area contributed by atoms with Crippen LogP contribution < -0.4 is 4.74 Å². The van der Waals surface area contributed by atoms with Gasteiger partial charge in [-0.25, -0.2) is 17.6 Å². The van der Waals surface area contributed by atoms with E-state index in [1.54, 1.807) is 49.4 Å². The highest BCUT2D eigenvalue weighted by Crippen LogP contribution is 2.32. The van der Waals surface area contributed by atoms with E-state index in [1.165, 1.54) is 19.2 Å². The van der Waals surface area contributed by atoms with E-state index in [0.29, 0.717) is 27.8 Å². The molecule has 170 valence electrons. The first-order valence-electron chi connectivity index (χ1n) is 9.82. The molecule has 0 heterocycles. The van der Waals surface area contributed by atoms with Crippen LogP contribution >= 0.6 is 0 Å². The van der Waals surface area contributed by atoms with E-state index in [-0.39, 0.29) is 17.2 Å². The molecule has 7 nitrogen and oxygen atoms in total. The number of ether oxygens (including phenoxy) is 1. The Morgan fingerprint density at radius 3 is 2.58 bits per heavy atom. The van der Waals surface area contributed by atoms with Gasteiger partial charge in [0.25, 0.3) is 0 Å². The summed E-state index contributed by atoms with van der Waals surface area (Å²) in [4.78, 5) is 10.8. The van der Waals surface area contributed by atoms with Gasteiger partial charge in [-0.15, -0.1) is 0 Å². The number of rotatable bonds is 8. The number of benzene rings is 3. The van der Waals surface area contributed by atoms with Gasteiger partial charge >= 0.3 is 5.97 Å². The van der Waals surface area contributed by atoms with Crippen molar-refractivity contribution in [3.05, 3.63) is 83.2 Å². The second-order valence-electron chi connectivity index (χ2n) is 7.38. The van der Waals surface area contributed by atoms with Gasteiger partial charge in [-0.2, -0.15) is 9.57 Å². The summed E-state index contributed by atoms with van der Waals surface area (Å²) >= 11 is 0. The van der Waals surface area contributed by atoms with Crippen LogP contribution in [0, 0.1) is 24.1 Å². The molecule has 3 aromatic rings. The van der Waals surface area contributed by atoms with E-state index in [1.807, 2.05) is 6.07 Å². The predicted octanol–water partition coefficient (Wildman–Crippen LogP) is 3.96. The Hall–Kier alpha value is -3.74. The molecule has 0 spiro atoms. The molecule has 0 unspecified atom stereocenters. The summed E-state index contributed by atoms with van der Waals surface area (Å²) in [6.07, 6.45) is 0. The molecule has 33 heavy (non-hydrogen) atoms. The van der Waals surface area contributed by atoms with Gasteiger partial charge < -0.3 is 9.84 Å². The topological polar surface area (TPSA) is 108 Å². The van der Waals surface area contributed by atoms with Gasteiger partial charge in [0.1, 0.15) is 11.6 Å². The van der Waals surface area contributed by atoms with Gasteiger partial charge in [0.05, 0.1) is 16.5 Å². The largest absolute Gasteiger partial charge is 0.481 e. The lowest BCUT2D eigenvalue weighted by molar-refractivity contribution is -0.139. The van der Waals surface area contributed by atoms with Gasteiger partial charge in [-0.05, 0) is 60.0 Å². The molecular weight excluding hydrogens is 447 g/mol. The number of aryl methyl sites for hydroxylation is 1. The first-order valence-corrected chi connectivity index (χ1v) is 11.3. The van der Waals surface area contributed by atoms with Gasteiger partial charge in [-0.3, -0.25) is 0 Å². The van der Waals surface area contributed by atoms with Crippen LogP contribution in [0.5, 0.6) is 5.75 Å². The summed E-state index contributed by atoms with van der Waals surface area (Å²) in [6.45, 7) is 0.964. The number of carbonyl (C=O) groups is 1. The predicted molar refractivity (Wildman–Crippen MR) is 120 cm³/mol. The minimum atomic E-state index is -3.95. The second-order valence-corrected chi connectivity index (χ2v) is 9.42. The van der Waals surface area contributed by atoms with E-state index in [9.17, 15) is 22.9 Å². The van der Waals surface area contributed by atoms with Crippen molar-refractivity contribution in [1.29, 1.82) is 5.26 Å². The number of nitrogens with zero attached hydrogens (tertiary/aromatic N) is 2. The average Bonchev–Trinajstić information content (AvgIpc) is 2.79. The highest BCUT2D eigenvalue weighted by Gasteiger charge is 2.22. The molecule has 0 bridgehead atoms. The Kier molecular flexibility index (Phi) is 7.11. The van der Waals surface area contributed by atoms with Gasteiger partial charge in [0.2, 0.25) is 10.0 Å². The summed E-state index contributed by atoms with van der Waals surface area (Å²) in [7, 11) is -2.57. The number of sulfonamides is 1.